The quantitative estimate of drug-likeness (QED) is 0.424. The predicted molar refractivity (Wildman–Crippen MR) is 125 cm³/mol. The number of aromatic nitrogens is 1. The summed E-state index contributed by atoms with van der Waals surface area (Å²) >= 11 is 0.682. The second-order valence-electron chi connectivity index (χ2n) is 7.82. The molecule has 2 fully saturated rings. The monoisotopic (exact) mass is 511 g/mol. The van der Waals surface area contributed by atoms with Crippen LogP contribution in [0.1, 0.15) is 18.9 Å². The number of carbonyl (C=O) groups is 1. The Morgan fingerprint density at radius 3 is 2.62 bits per heavy atom. The van der Waals surface area contributed by atoms with Gasteiger partial charge in [-0.25, -0.2) is 13.4 Å². The van der Waals surface area contributed by atoms with Gasteiger partial charge < -0.3 is 14.5 Å². The molecule has 0 aliphatic carbocycles. The van der Waals surface area contributed by atoms with Crippen LogP contribution in [-0.4, -0.2) is 86.3 Å². The molecule has 1 amide bonds. The summed E-state index contributed by atoms with van der Waals surface area (Å²) in [5.41, 5.74) is 0.270. The molecule has 1 aromatic heterocycles. The zero-order valence-corrected chi connectivity index (χ0v) is 20.3. The van der Waals surface area contributed by atoms with E-state index in [1.165, 1.54) is 28.6 Å². The molecule has 34 heavy (non-hydrogen) atoms. The lowest BCUT2D eigenvalue weighted by atomic mass is 10.1. The van der Waals surface area contributed by atoms with Crippen molar-refractivity contribution in [3.63, 3.8) is 0 Å². The van der Waals surface area contributed by atoms with Crippen molar-refractivity contribution in [1.82, 2.24) is 14.2 Å². The molecule has 13 heteroatoms. The number of rotatable bonds is 8. The van der Waals surface area contributed by atoms with Crippen LogP contribution in [0.25, 0.3) is 0 Å². The molecule has 4 rings (SSSR count). The van der Waals surface area contributed by atoms with Gasteiger partial charge in [-0.05, 0) is 18.7 Å². The predicted octanol–water partition coefficient (Wildman–Crippen LogP) is 1.76. The van der Waals surface area contributed by atoms with Crippen molar-refractivity contribution in [1.29, 1.82) is 0 Å². The van der Waals surface area contributed by atoms with Gasteiger partial charge in [0.25, 0.3) is 5.91 Å². The van der Waals surface area contributed by atoms with E-state index in [9.17, 15) is 17.6 Å². The lowest BCUT2D eigenvalue weighted by molar-refractivity contribution is -0.110. The van der Waals surface area contributed by atoms with Gasteiger partial charge in [0.2, 0.25) is 10.0 Å². The number of piperazine rings is 1. The first-order chi connectivity index (χ1) is 16.4. The summed E-state index contributed by atoms with van der Waals surface area (Å²) < 4.78 is 46.1. The minimum atomic E-state index is -3.66. The topological polar surface area (TPSA) is 113 Å². The third-order valence-electron chi connectivity index (χ3n) is 5.64. The molecule has 1 atom stereocenters. The van der Waals surface area contributed by atoms with Crippen molar-refractivity contribution in [3.8, 4) is 0 Å². The lowest BCUT2D eigenvalue weighted by Gasteiger charge is -2.33. The van der Waals surface area contributed by atoms with E-state index in [0.29, 0.717) is 62.7 Å². The average Bonchev–Trinajstić information content (AvgIpc) is 3.51. The van der Waals surface area contributed by atoms with Gasteiger partial charge in [-0.1, -0.05) is 35.5 Å². The normalized spacial score (nSPS) is 20.4. The SMILES string of the molecule is CCN1CCN(S(=O)(=O)c2ccc(/C(=N\O[C@@H]3CCOC3)C(=O)Nc3ncc(F)s3)cc2)CC1. The molecule has 2 saturated heterocycles. The first-order valence-corrected chi connectivity index (χ1v) is 13.2. The van der Waals surface area contributed by atoms with Crippen molar-refractivity contribution < 1.29 is 27.2 Å². The highest BCUT2D eigenvalue weighted by atomic mass is 32.2. The van der Waals surface area contributed by atoms with E-state index in [-0.39, 0.29) is 21.8 Å². The van der Waals surface area contributed by atoms with Crippen LogP contribution in [0.4, 0.5) is 9.52 Å². The van der Waals surface area contributed by atoms with Crippen LogP contribution in [0.15, 0.2) is 40.5 Å². The third-order valence-corrected chi connectivity index (χ3v) is 8.25. The molecule has 2 aliphatic heterocycles. The summed E-state index contributed by atoms with van der Waals surface area (Å²) in [4.78, 5) is 24.5. The Hall–Kier alpha value is -2.45. The van der Waals surface area contributed by atoms with E-state index >= 15 is 0 Å². The number of carbonyl (C=O) groups excluding carboxylic acids is 1. The smallest absolute Gasteiger partial charge is 0.280 e. The molecular weight excluding hydrogens is 485 g/mol. The van der Waals surface area contributed by atoms with E-state index < -0.39 is 21.1 Å². The molecule has 1 N–H and O–H groups in total. The minimum Gasteiger partial charge on any atom is -0.389 e. The van der Waals surface area contributed by atoms with Crippen molar-refractivity contribution in [2.75, 3.05) is 51.3 Å². The minimum absolute atomic E-state index is 0.0739. The van der Waals surface area contributed by atoms with Crippen LogP contribution in [0.2, 0.25) is 0 Å². The first-order valence-electron chi connectivity index (χ1n) is 10.9. The van der Waals surface area contributed by atoms with Gasteiger partial charge in [0, 0.05) is 38.2 Å². The maximum Gasteiger partial charge on any atom is 0.280 e. The zero-order valence-electron chi connectivity index (χ0n) is 18.6. The van der Waals surface area contributed by atoms with Crippen molar-refractivity contribution >= 4 is 38.1 Å². The van der Waals surface area contributed by atoms with Gasteiger partial charge in [0.15, 0.2) is 22.1 Å². The number of hydrogen-bond acceptors (Lipinski definition) is 9. The number of halogens is 1. The van der Waals surface area contributed by atoms with Gasteiger partial charge in [-0.3, -0.25) is 10.1 Å². The fraction of sp³-hybridized carbons (Fsp3) is 0.476. The average molecular weight is 512 g/mol. The third kappa shape index (κ3) is 5.78. The van der Waals surface area contributed by atoms with Gasteiger partial charge in [0.05, 0.1) is 24.3 Å². The highest BCUT2D eigenvalue weighted by Crippen LogP contribution is 2.20. The lowest BCUT2D eigenvalue weighted by Crippen LogP contribution is -2.48. The number of nitrogens with zero attached hydrogens (tertiary/aromatic N) is 4. The van der Waals surface area contributed by atoms with Crippen molar-refractivity contribution in [3.05, 3.63) is 41.2 Å². The summed E-state index contributed by atoms with van der Waals surface area (Å²) in [6, 6.07) is 5.90. The summed E-state index contributed by atoms with van der Waals surface area (Å²) in [6.45, 7) is 6.05. The maximum absolute atomic E-state index is 13.3. The molecule has 0 bridgehead atoms. The Morgan fingerprint density at radius 1 is 1.29 bits per heavy atom. The van der Waals surface area contributed by atoms with Crippen molar-refractivity contribution in [2.45, 2.75) is 24.3 Å². The van der Waals surface area contributed by atoms with Gasteiger partial charge >= 0.3 is 0 Å². The summed E-state index contributed by atoms with van der Waals surface area (Å²) in [6.07, 6.45) is 1.35. The van der Waals surface area contributed by atoms with E-state index in [1.807, 2.05) is 6.92 Å². The Labute approximate surface area is 201 Å². The molecule has 2 aliphatic rings. The second-order valence-corrected chi connectivity index (χ2v) is 10.7. The molecule has 1 aromatic carbocycles. The number of ether oxygens (including phenoxy) is 1. The zero-order chi connectivity index (χ0) is 24.1. The van der Waals surface area contributed by atoms with Crippen LogP contribution >= 0.6 is 11.3 Å². The Kier molecular flexibility index (Phi) is 7.88. The molecule has 0 saturated carbocycles. The maximum atomic E-state index is 13.3. The van der Waals surface area contributed by atoms with E-state index in [0.717, 1.165) is 12.7 Å². The number of anilines is 1. The number of amides is 1. The fourth-order valence-corrected chi connectivity index (χ4v) is 5.60. The van der Waals surface area contributed by atoms with Gasteiger partial charge in [0.1, 0.15) is 0 Å². The van der Waals surface area contributed by atoms with Crippen molar-refractivity contribution in [2.24, 2.45) is 5.16 Å². The van der Waals surface area contributed by atoms with Crippen LogP contribution in [0.5, 0.6) is 0 Å². The molecule has 2 aromatic rings. The number of thiazole rings is 1. The molecule has 0 unspecified atom stereocenters. The largest absolute Gasteiger partial charge is 0.389 e. The molecule has 0 spiro atoms. The van der Waals surface area contributed by atoms with E-state index in [4.69, 9.17) is 9.57 Å². The van der Waals surface area contributed by atoms with Gasteiger partial charge in [-0.15, -0.1) is 0 Å². The van der Waals surface area contributed by atoms with Gasteiger partial charge in [-0.2, -0.15) is 8.70 Å². The summed E-state index contributed by atoms with van der Waals surface area (Å²) in [7, 11) is -3.66. The number of benzene rings is 1. The number of hydrogen-bond donors (Lipinski definition) is 1. The van der Waals surface area contributed by atoms with Crippen LogP contribution < -0.4 is 5.32 Å². The number of oxime groups is 1. The highest BCUT2D eigenvalue weighted by molar-refractivity contribution is 7.89. The van der Waals surface area contributed by atoms with E-state index in [2.05, 4.69) is 20.4 Å². The van der Waals surface area contributed by atoms with Crippen LogP contribution in [-0.2, 0) is 24.4 Å². The Bertz CT molecular complexity index is 1120. The Morgan fingerprint density at radius 2 is 2.03 bits per heavy atom. The molecule has 184 valence electrons. The van der Waals surface area contributed by atoms with E-state index in [1.54, 1.807) is 0 Å². The summed E-state index contributed by atoms with van der Waals surface area (Å²) in [5, 5.41) is 6.05. The summed E-state index contributed by atoms with van der Waals surface area (Å²) in [5.74, 6) is -0.653. The number of nitrogens with one attached hydrogen (secondary N) is 1. The Balaban J connectivity index is 1.53. The van der Waals surface area contributed by atoms with Crippen LogP contribution in [0, 0.1) is 5.13 Å². The number of sulfonamides is 1. The standard InChI is InChI=1S/C21H26FN5O5S2/c1-2-26-8-10-27(11-9-26)34(29,30)17-5-3-15(4-6-17)19(25-32-16-7-12-31-14-16)20(28)24-21-23-13-18(22)33-21/h3-6,13,16H,2,7-12,14H2,1H3,(H,23,24,28)/b25-19+/t16-/m1/s1. The number of likely N-dealkylation sites (N-methyl/N-ethyl adjacent to an activating group) is 1. The molecule has 10 nitrogen and oxygen atoms in total. The van der Waals surface area contributed by atoms with Crippen LogP contribution in [0.3, 0.4) is 0 Å². The first kappa shape index (κ1) is 24.7. The second kappa shape index (κ2) is 10.9. The molecule has 0 radical (unpaired) electrons. The molecule has 3 heterocycles. The fourth-order valence-electron chi connectivity index (χ4n) is 3.64. The molecular formula is C21H26FN5O5S2. The highest BCUT2D eigenvalue weighted by Gasteiger charge is 2.28.